The second-order valence-electron chi connectivity index (χ2n) is 3.02. The number of ketones is 1. The molecule has 1 heterocycles. The molecule has 0 saturated carbocycles. The van der Waals surface area contributed by atoms with Gasteiger partial charge in [-0.15, -0.1) is 11.3 Å². The van der Waals surface area contributed by atoms with E-state index in [0.29, 0.717) is 6.42 Å². The Morgan fingerprint density at radius 3 is 2.92 bits per heavy atom. The highest BCUT2D eigenvalue weighted by Gasteiger charge is 2.08. The van der Waals surface area contributed by atoms with E-state index in [1.807, 2.05) is 25.4 Å². The first-order valence-corrected chi connectivity index (χ1v) is 5.35. The third-order valence-corrected chi connectivity index (χ3v) is 2.84. The number of carbonyl (C=O) groups excluding carboxylic acids is 1. The van der Waals surface area contributed by atoms with E-state index in [1.165, 1.54) is 0 Å². The van der Waals surface area contributed by atoms with E-state index in [4.69, 9.17) is 0 Å². The van der Waals surface area contributed by atoms with Crippen LogP contribution >= 0.6 is 11.3 Å². The summed E-state index contributed by atoms with van der Waals surface area (Å²) < 4.78 is 0. The van der Waals surface area contributed by atoms with Crippen molar-refractivity contribution in [3.8, 4) is 0 Å². The normalized spacial score (nSPS) is 10.3. The van der Waals surface area contributed by atoms with Crippen LogP contribution in [0.2, 0.25) is 0 Å². The molecule has 1 aromatic heterocycles. The predicted octanol–water partition coefficient (Wildman–Crippen LogP) is 2.24. The van der Waals surface area contributed by atoms with Crippen LogP contribution in [-0.2, 0) is 0 Å². The van der Waals surface area contributed by atoms with Crippen molar-refractivity contribution in [2.75, 3.05) is 13.6 Å². The molecule has 0 spiro atoms. The first-order chi connectivity index (χ1) is 6.25. The van der Waals surface area contributed by atoms with E-state index in [0.717, 1.165) is 23.4 Å². The van der Waals surface area contributed by atoms with E-state index >= 15 is 0 Å². The van der Waals surface area contributed by atoms with Gasteiger partial charge in [-0.2, -0.15) is 0 Å². The van der Waals surface area contributed by atoms with Crippen molar-refractivity contribution in [3.05, 3.63) is 21.9 Å². The van der Waals surface area contributed by atoms with E-state index in [-0.39, 0.29) is 5.78 Å². The van der Waals surface area contributed by atoms with Gasteiger partial charge >= 0.3 is 0 Å². The minimum Gasteiger partial charge on any atom is -0.320 e. The zero-order valence-electron chi connectivity index (χ0n) is 8.09. The predicted molar refractivity (Wildman–Crippen MR) is 56.5 cm³/mol. The lowest BCUT2D eigenvalue weighted by atomic mass is 10.1. The molecule has 13 heavy (non-hydrogen) atoms. The highest BCUT2D eigenvalue weighted by molar-refractivity contribution is 7.10. The Labute approximate surface area is 83.0 Å². The van der Waals surface area contributed by atoms with Crippen molar-refractivity contribution in [1.29, 1.82) is 0 Å². The summed E-state index contributed by atoms with van der Waals surface area (Å²) in [7, 11) is 1.90. The fraction of sp³-hybridized carbons (Fsp3) is 0.500. The van der Waals surface area contributed by atoms with Gasteiger partial charge in [0, 0.05) is 16.9 Å². The van der Waals surface area contributed by atoms with E-state index < -0.39 is 0 Å². The smallest absolute Gasteiger partial charge is 0.164 e. The Kier molecular flexibility index (Phi) is 4.12. The van der Waals surface area contributed by atoms with Gasteiger partial charge in [-0.25, -0.2) is 0 Å². The maximum Gasteiger partial charge on any atom is 0.164 e. The molecule has 0 unspecified atom stereocenters. The van der Waals surface area contributed by atoms with Crippen LogP contribution in [0.5, 0.6) is 0 Å². The maximum absolute atomic E-state index is 11.6. The molecule has 2 nitrogen and oxygen atoms in total. The van der Waals surface area contributed by atoms with Crippen LogP contribution in [0, 0.1) is 6.92 Å². The van der Waals surface area contributed by atoms with Gasteiger partial charge in [0.2, 0.25) is 0 Å². The molecular weight excluding hydrogens is 182 g/mol. The zero-order chi connectivity index (χ0) is 9.68. The van der Waals surface area contributed by atoms with E-state index in [1.54, 1.807) is 11.3 Å². The molecule has 0 amide bonds. The largest absolute Gasteiger partial charge is 0.320 e. The molecule has 0 saturated heterocycles. The summed E-state index contributed by atoms with van der Waals surface area (Å²) in [5.41, 5.74) is 0.904. The van der Waals surface area contributed by atoms with Crippen LogP contribution in [0.3, 0.4) is 0 Å². The average Bonchev–Trinajstić information content (AvgIpc) is 2.52. The van der Waals surface area contributed by atoms with Crippen LogP contribution in [0.25, 0.3) is 0 Å². The summed E-state index contributed by atoms with van der Waals surface area (Å²) in [6.45, 7) is 2.91. The summed E-state index contributed by atoms with van der Waals surface area (Å²) in [5, 5.41) is 5.01. The van der Waals surface area contributed by atoms with Crippen molar-refractivity contribution < 1.29 is 4.79 Å². The number of thiophene rings is 1. The molecule has 0 aliphatic heterocycles. The van der Waals surface area contributed by atoms with Gasteiger partial charge in [-0.1, -0.05) is 0 Å². The van der Waals surface area contributed by atoms with Crippen LogP contribution < -0.4 is 5.32 Å². The van der Waals surface area contributed by atoms with Gasteiger partial charge < -0.3 is 5.32 Å². The van der Waals surface area contributed by atoms with Gasteiger partial charge in [-0.05, 0) is 38.4 Å². The van der Waals surface area contributed by atoms with Crippen LogP contribution in [0.1, 0.15) is 28.1 Å². The van der Waals surface area contributed by atoms with Gasteiger partial charge in [-0.3, -0.25) is 4.79 Å². The number of carbonyl (C=O) groups is 1. The molecule has 0 aromatic carbocycles. The molecule has 1 N–H and O–H groups in total. The molecule has 1 aromatic rings. The number of rotatable bonds is 5. The molecule has 72 valence electrons. The minimum atomic E-state index is 0.272. The third kappa shape index (κ3) is 2.94. The molecule has 0 radical (unpaired) electrons. The van der Waals surface area contributed by atoms with Gasteiger partial charge in [0.25, 0.3) is 0 Å². The van der Waals surface area contributed by atoms with E-state index in [9.17, 15) is 4.79 Å². The molecule has 0 fully saturated rings. The topological polar surface area (TPSA) is 29.1 Å². The second-order valence-corrected chi connectivity index (χ2v) is 4.14. The molecule has 0 atom stereocenters. The lowest BCUT2D eigenvalue weighted by Crippen LogP contribution is -2.10. The van der Waals surface area contributed by atoms with Crippen molar-refractivity contribution in [2.24, 2.45) is 0 Å². The summed E-state index contributed by atoms with van der Waals surface area (Å²) in [6.07, 6.45) is 1.57. The highest BCUT2D eigenvalue weighted by Crippen LogP contribution is 2.17. The van der Waals surface area contributed by atoms with Gasteiger partial charge in [0.05, 0.1) is 0 Å². The zero-order valence-corrected chi connectivity index (χ0v) is 8.91. The van der Waals surface area contributed by atoms with Crippen molar-refractivity contribution in [3.63, 3.8) is 0 Å². The lowest BCUT2D eigenvalue weighted by Gasteiger charge is -1.99. The summed E-state index contributed by atoms with van der Waals surface area (Å²) in [5.74, 6) is 0.272. The third-order valence-electron chi connectivity index (χ3n) is 1.99. The summed E-state index contributed by atoms with van der Waals surface area (Å²) in [6, 6.07) is 1.92. The van der Waals surface area contributed by atoms with Crippen LogP contribution in [0.4, 0.5) is 0 Å². The van der Waals surface area contributed by atoms with Gasteiger partial charge in [0.1, 0.15) is 0 Å². The Morgan fingerprint density at radius 1 is 1.62 bits per heavy atom. The fourth-order valence-corrected chi connectivity index (χ4v) is 1.95. The first-order valence-electron chi connectivity index (χ1n) is 4.47. The van der Waals surface area contributed by atoms with Crippen molar-refractivity contribution >= 4 is 17.1 Å². The Morgan fingerprint density at radius 2 is 2.38 bits per heavy atom. The average molecular weight is 197 g/mol. The Hall–Kier alpha value is -0.670. The molecule has 0 aliphatic carbocycles. The van der Waals surface area contributed by atoms with Crippen LogP contribution in [-0.4, -0.2) is 19.4 Å². The Bertz CT molecular complexity index is 280. The molecule has 1 rings (SSSR count). The number of aryl methyl sites for hydroxylation is 1. The molecule has 3 heteroatoms. The number of Topliss-reactive ketones (excluding diaryl/α,β-unsaturated/α-hetero) is 1. The molecule has 0 bridgehead atoms. The number of hydrogen-bond donors (Lipinski definition) is 1. The van der Waals surface area contributed by atoms with Crippen LogP contribution in [0.15, 0.2) is 11.4 Å². The molecular formula is C10H15NOS. The number of hydrogen-bond acceptors (Lipinski definition) is 3. The summed E-state index contributed by atoms with van der Waals surface area (Å²) >= 11 is 1.64. The quantitative estimate of drug-likeness (QED) is 0.579. The maximum atomic E-state index is 11.6. The number of nitrogens with one attached hydrogen (secondary N) is 1. The fourth-order valence-electron chi connectivity index (χ4n) is 1.23. The highest BCUT2D eigenvalue weighted by atomic mass is 32.1. The van der Waals surface area contributed by atoms with Crippen molar-refractivity contribution in [1.82, 2.24) is 5.32 Å². The summed E-state index contributed by atoms with van der Waals surface area (Å²) in [4.78, 5) is 12.7. The van der Waals surface area contributed by atoms with E-state index in [2.05, 4.69) is 5.32 Å². The first kappa shape index (κ1) is 10.4. The van der Waals surface area contributed by atoms with Gasteiger partial charge in [0.15, 0.2) is 5.78 Å². The standard InChI is InChI=1S/C10H15NOS/c1-8-9(5-7-13-8)10(12)4-3-6-11-2/h5,7,11H,3-4,6H2,1-2H3. The lowest BCUT2D eigenvalue weighted by molar-refractivity contribution is 0.0980. The SMILES string of the molecule is CNCCCC(=O)c1ccsc1C. The minimum absolute atomic E-state index is 0.272. The van der Waals surface area contributed by atoms with Crippen molar-refractivity contribution in [2.45, 2.75) is 19.8 Å². The Balaban J connectivity index is 2.45. The second kappa shape index (κ2) is 5.14. The molecule has 0 aliphatic rings. The monoisotopic (exact) mass is 197 g/mol.